The summed E-state index contributed by atoms with van der Waals surface area (Å²) in [4.78, 5) is 12.4. The molecule has 0 aliphatic heterocycles. The van der Waals surface area contributed by atoms with E-state index in [1.165, 1.54) is 26.4 Å². The van der Waals surface area contributed by atoms with Crippen LogP contribution in [0.3, 0.4) is 0 Å². The third kappa shape index (κ3) is 3.13. The largest absolute Gasteiger partial charge is 0.493 e. The van der Waals surface area contributed by atoms with E-state index >= 15 is 0 Å². The number of carbonyl (C=O) groups is 1. The molecule has 1 N–H and O–H groups in total. The maximum atomic E-state index is 12.6. The summed E-state index contributed by atoms with van der Waals surface area (Å²) in [7, 11) is -1.09. The Morgan fingerprint density at radius 3 is 2.38 bits per heavy atom. The van der Waals surface area contributed by atoms with Crippen LogP contribution in [0.15, 0.2) is 21.5 Å². The van der Waals surface area contributed by atoms with E-state index in [9.17, 15) is 13.2 Å². The first-order valence-corrected chi connectivity index (χ1v) is 10.1. The van der Waals surface area contributed by atoms with Crippen LogP contribution in [0.2, 0.25) is 0 Å². The molecule has 2 saturated carbocycles. The van der Waals surface area contributed by atoms with E-state index in [2.05, 4.69) is 20.7 Å². The number of hydrogen-bond donors (Lipinski definition) is 1. The summed E-state index contributed by atoms with van der Waals surface area (Å²) >= 11 is 3.23. The Morgan fingerprint density at radius 2 is 1.83 bits per heavy atom. The van der Waals surface area contributed by atoms with Gasteiger partial charge in [0.15, 0.2) is 11.5 Å². The molecular weight excluding hydrogens is 398 g/mol. The van der Waals surface area contributed by atoms with Gasteiger partial charge in [0.25, 0.3) is 10.0 Å². The van der Waals surface area contributed by atoms with Crippen molar-refractivity contribution in [2.24, 2.45) is 17.8 Å². The van der Waals surface area contributed by atoms with Crippen LogP contribution in [-0.2, 0) is 14.8 Å². The maximum Gasteiger partial charge on any atom is 0.265 e. The van der Waals surface area contributed by atoms with E-state index in [4.69, 9.17) is 9.47 Å². The molecule has 3 atom stereocenters. The molecule has 2 bridgehead atoms. The fraction of sp³-hybridized carbons (Fsp3) is 0.562. The smallest absolute Gasteiger partial charge is 0.265 e. The molecule has 0 radical (unpaired) electrons. The van der Waals surface area contributed by atoms with Crippen molar-refractivity contribution >= 4 is 31.9 Å². The number of amides is 1. The highest BCUT2D eigenvalue weighted by molar-refractivity contribution is 9.10. The fourth-order valence-corrected chi connectivity index (χ4v) is 5.94. The zero-order chi connectivity index (χ0) is 17.5. The molecule has 3 rings (SSSR count). The van der Waals surface area contributed by atoms with Crippen LogP contribution in [0.5, 0.6) is 11.5 Å². The Labute approximate surface area is 150 Å². The second-order valence-corrected chi connectivity index (χ2v) is 8.89. The number of carbonyl (C=O) groups excluding carboxylic acids is 1. The fourth-order valence-electron chi connectivity index (χ4n) is 3.87. The Balaban J connectivity index is 1.84. The Bertz CT molecular complexity index is 764. The number of rotatable bonds is 5. The topological polar surface area (TPSA) is 81.7 Å². The number of methoxy groups -OCH3 is 2. The molecule has 0 heterocycles. The molecule has 2 aliphatic carbocycles. The molecule has 2 fully saturated rings. The molecule has 132 valence electrons. The van der Waals surface area contributed by atoms with Crippen LogP contribution in [0.1, 0.15) is 25.7 Å². The van der Waals surface area contributed by atoms with Gasteiger partial charge in [-0.15, -0.1) is 0 Å². The molecule has 1 aromatic carbocycles. The van der Waals surface area contributed by atoms with Gasteiger partial charge in [-0.1, -0.05) is 6.42 Å². The van der Waals surface area contributed by atoms with Gasteiger partial charge in [-0.25, -0.2) is 13.1 Å². The van der Waals surface area contributed by atoms with Gasteiger partial charge < -0.3 is 9.47 Å². The number of nitrogens with one attached hydrogen (secondary N) is 1. The number of fused-ring (bicyclic) bond motifs is 2. The van der Waals surface area contributed by atoms with Crippen LogP contribution < -0.4 is 14.2 Å². The number of hydrogen-bond acceptors (Lipinski definition) is 5. The van der Waals surface area contributed by atoms with Crippen LogP contribution >= 0.6 is 15.9 Å². The van der Waals surface area contributed by atoms with Gasteiger partial charge >= 0.3 is 0 Å². The molecule has 2 aliphatic rings. The lowest BCUT2D eigenvalue weighted by Crippen LogP contribution is -2.37. The maximum absolute atomic E-state index is 12.6. The molecule has 1 amide bonds. The predicted octanol–water partition coefficient (Wildman–Crippen LogP) is 2.71. The Morgan fingerprint density at radius 1 is 1.17 bits per heavy atom. The van der Waals surface area contributed by atoms with Crippen LogP contribution in [-0.4, -0.2) is 28.5 Å². The molecule has 0 spiro atoms. The van der Waals surface area contributed by atoms with Crippen molar-refractivity contribution in [3.05, 3.63) is 16.6 Å². The molecule has 0 saturated heterocycles. The summed E-state index contributed by atoms with van der Waals surface area (Å²) in [6.45, 7) is 0. The van der Waals surface area contributed by atoms with Crippen LogP contribution in [0, 0.1) is 17.8 Å². The average Bonchev–Trinajstić information content (AvgIpc) is 3.16. The molecule has 0 unspecified atom stereocenters. The van der Waals surface area contributed by atoms with E-state index in [1.807, 2.05) is 0 Å². The summed E-state index contributed by atoms with van der Waals surface area (Å²) in [5.41, 5.74) is 0. The summed E-state index contributed by atoms with van der Waals surface area (Å²) in [5, 5.41) is 0. The first kappa shape index (κ1) is 17.5. The minimum atomic E-state index is -3.98. The zero-order valence-electron chi connectivity index (χ0n) is 13.5. The van der Waals surface area contributed by atoms with Crippen molar-refractivity contribution in [1.82, 2.24) is 4.72 Å². The third-order valence-electron chi connectivity index (χ3n) is 5.04. The van der Waals surface area contributed by atoms with E-state index in [-0.39, 0.29) is 16.6 Å². The normalized spacial score (nSPS) is 25.5. The summed E-state index contributed by atoms with van der Waals surface area (Å²) in [6, 6.07) is 2.86. The standard InChI is InChI=1S/C16H20BrNO5S/c1-22-13-7-12(17)15(8-14(13)23-2)24(20,21)18-16(19)11-6-9-3-4-10(11)5-9/h7-11H,3-6H2,1-2H3,(H,18,19)/t9-,10-,11-/m0/s1. The molecule has 24 heavy (non-hydrogen) atoms. The lowest BCUT2D eigenvalue weighted by Gasteiger charge is -2.21. The molecule has 8 heteroatoms. The van der Waals surface area contributed by atoms with Gasteiger partial charge in [-0.3, -0.25) is 4.79 Å². The third-order valence-corrected chi connectivity index (χ3v) is 7.34. The van der Waals surface area contributed by atoms with Gasteiger partial charge in [0.2, 0.25) is 5.91 Å². The summed E-state index contributed by atoms with van der Waals surface area (Å²) in [6.07, 6.45) is 4.00. The van der Waals surface area contributed by atoms with Gasteiger partial charge in [-0.2, -0.15) is 0 Å². The van der Waals surface area contributed by atoms with E-state index in [1.54, 1.807) is 0 Å². The van der Waals surface area contributed by atoms with Crippen molar-refractivity contribution in [2.75, 3.05) is 14.2 Å². The summed E-state index contributed by atoms with van der Waals surface area (Å²) in [5.74, 6) is 0.984. The minimum Gasteiger partial charge on any atom is -0.493 e. The second kappa shape index (κ2) is 6.55. The number of benzene rings is 1. The van der Waals surface area contributed by atoms with Gasteiger partial charge in [0, 0.05) is 16.5 Å². The predicted molar refractivity (Wildman–Crippen MR) is 91.5 cm³/mol. The molecule has 0 aromatic heterocycles. The quantitative estimate of drug-likeness (QED) is 0.795. The monoisotopic (exact) mass is 417 g/mol. The van der Waals surface area contributed by atoms with Gasteiger partial charge in [-0.05, 0) is 53.1 Å². The van der Waals surface area contributed by atoms with Gasteiger partial charge in [0.05, 0.1) is 14.2 Å². The van der Waals surface area contributed by atoms with Crippen LogP contribution in [0.25, 0.3) is 0 Å². The lowest BCUT2D eigenvalue weighted by atomic mass is 9.88. The van der Waals surface area contributed by atoms with Crippen molar-refractivity contribution < 1.29 is 22.7 Å². The second-order valence-electron chi connectivity index (χ2n) is 6.39. The molecule has 1 aromatic rings. The van der Waals surface area contributed by atoms with E-state index in [0.29, 0.717) is 22.1 Å². The van der Waals surface area contributed by atoms with E-state index < -0.39 is 15.9 Å². The Kier molecular flexibility index (Phi) is 4.79. The van der Waals surface area contributed by atoms with Crippen molar-refractivity contribution in [3.63, 3.8) is 0 Å². The summed E-state index contributed by atoms with van der Waals surface area (Å²) < 4.78 is 38.1. The molecule has 6 nitrogen and oxygen atoms in total. The first-order valence-electron chi connectivity index (χ1n) is 7.84. The average molecular weight is 418 g/mol. The van der Waals surface area contributed by atoms with Crippen molar-refractivity contribution in [2.45, 2.75) is 30.6 Å². The minimum absolute atomic E-state index is 0.0448. The molecular formula is C16H20BrNO5S. The number of ether oxygens (including phenoxy) is 2. The van der Waals surface area contributed by atoms with Crippen molar-refractivity contribution in [3.8, 4) is 11.5 Å². The first-order chi connectivity index (χ1) is 11.4. The van der Waals surface area contributed by atoms with Crippen LogP contribution in [0.4, 0.5) is 0 Å². The number of sulfonamides is 1. The van der Waals surface area contributed by atoms with E-state index in [0.717, 1.165) is 25.7 Å². The van der Waals surface area contributed by atoms with Crippen molar-refractivity contribution in [1.29, 1.82) is 0 Å². The highest BCUT2D eigenvalue weighted by Crippen LogP contribution is 2.48. The SMILES string of the molecule is COc1cc(Br)c(S(=O)(=O)NC(=O)[C@H]2C[C@H]3CC[C@H]2C3)cc1OC. The zero-order valence-corrected chi connectivity index (χ0v) is 15.9. The highest BCUT2D eigenvalue weighted by Gasteiger charge is 2.44. The Hall–Kier alpha value is -1.28. The number of halogens is 1. The highest BCUT2D eigenvalue weighted by atomic mass is 79.9. The van der Waals surface area contributed by atoms with Gasteiger partial charge in [0.1, 0.15) is 4.90 Å². The lowest BCUT2D eigenvalue weighted by molar-refractivity contribution is -0.124.